The Hall–Kier alpha value is -1.90. The number of hydrogen-bond donors (Lipinski definition) is 0. The predicted molar refractivity (Wildman–Crippen MR) is 72.2 cm³/mol. The summed E-state index contributed by atoms with van der Waals surface area (Å²) < 4.78 is 63.4. The molecule has 0 radical (unpaired) electrons. The maximum absolute atomic E-state index is 12.7. The lowest BCUT2D eigenvalue weighted by Crippen LogP contribution is -2.36. The van der Waals surface area contributed by atoms with E-state index in [0.717, 1.165) is 0 Å². The van der Waals surface area contributed by atoms with Crippen molar-refractivity contribution in [1.29, 1.82) is 0 Å². The van der Waals surface area contributed by atoms with Crippen molar-refractivity contribution in [3.8, 4) is 0 Å². The van der Waals surface area contributed by atoms with E-state index in [0.29, 0.717) is 0 Å². The molecule has 0 saturated heterocycles. The number of ether oxygens (including phenoxy) is 3. The number of carbonyl (C=O) groups is 2. The van der Waals surface area contributed by atoms with Crippen molar-refractivity contribution in [2.75, 3.05) is 19.8 Å². The van der Waals surface area contributed by atoms with Crippen LogP contribution in [0.1, 0.15) is 13.8 Å². The van der Waals surface area contributed by atoms with E-state index >= 15 is 0 Å². The Morgan fingerprint density at radius 2 is 1.57 bits per heavy atom. The lowest BCUT2D eigenvalue weighted by Gasteiger charge is -2.20. The Balaban J connectivity index is 4.60. The minimum absolute atomic E-state index is 0.0131. The second-order valence-electron chi connectivity index (χ2n) is 4.76. The first kappa shape index (κ1) is 21.1. The molecule has 0 saturated carbocycles. The Morgan fingerprint density at radius 3 is 2.00 bits per heavy atom. The molecule has 0 aliphatic carbocycles. The van der Waals surface area contributed by atoms with Crippen molar-refractivity contribution < 1.29 is 41.4 Å². The van der Waals surface area contributed by atoms with E-state index < -0.39 is 50.2 Å². The molecule has 0 aliphatic heterocycles. The van der Waals surface area contributed by atoms with E-state index in [1.807, 2.05) is 0 Å². The number of alkyl halides is 4. The fraction of sp³-hybridized carbons (Fsp3) is 0.571. The summed E-state index contributed by atoms with van der Waals surface area (Å²) in [6.45, 7) is 6.61. The van der Waals surface area contributed by atoms with Gasteiger partial charge >= 0.3 is 24.3 Å². The van der Waals surface area contributed by atoms with E-state index in [4.69, 9.17) is 9.47 Å². The van der Waals surface area contributed by atoms with E-state index in [2.05, 4.69) is 17.9 Å². The van der Waals surface area contributed by atoms with Gasteiger partial charge in [-0.05, 0) is 13.8 Å². The normalized spacial score (nSPS) is 12.7. The molecule has 0 bridgehead atoms. The summed E-state index contributed by atoms with van der Waals surface area (Å²) in [5, 5.41) is 0. The highest BCUT2D eigenvalue weighted by atomic mass is 19.3. The third-order valence-electron chi connectivity index (χ3n) is 2.29. The molecule has 0 aromatic heterocycles. The van der Waals surface area contributed by atoms with Crippen LogP contribution in [0, 0.1) is 0 Å². The van der Waals surface area contributed by atoms with Gasteiger partial charge in [0.25, 0.3) is 0 Å². The summed E-state index contributed by atoms with van der Waals surface area (Å²) >= 11 is 0. The van der Waals surface area contributed by atoms with Gasteiger partial charge in [0.05, 0.1) is 6.61 Å². The highest BCUT2D eigenvalue weighted by Crippen LogP contribution is 2.23. The van der Waals surface area contributed by atoms with Crippen molar-refractivity contribution in [1.82, 2.24) is 0 Å². The zero-order valence-electron chi connectivity index (χ0n) is 12.7. The smallest absolute Gasteiger partial charge is 0.333 e. The standard InChI is InChI=1S/C14H18F4O5/c1-8(2)11(19)22-6-10(23-12(20)9(3)4)5-21-7-14(17,18)13(15)16/h10,13H,1,3,5-7H2,2,4H3. The van der Waals surface area contributed by atoms with Gasteiger partial charge in [-0.1, -0.05) is 13.2 Å². The zero-order valence-corrected chi connectivity index (χ0v) is 12.7. The second-order valence-corrected chi connectivity index (χ2v) is 4.76. The topological polar surface area (TPSA) is 61.8 Å². The quantitative estimate of drug-likeness (QED) is 0.347. The van der Waals surface area contributed by atoms with Gasteiger partial charge < -0.3 is 14.2 Å². The lowest BCUT2D eigenvalue weighted by molar-refractivity contribution is -0.179. The van der Waals surface area contributed by atoms with Crippen LogP contribution in [0.4, 0.5) is 17.6 Å². The van der Waals surface area contributed by atoms with Crippen LogP contribution in [0.3, 0.4) is 0 Å². The van der Waals surface area contributed by atoms with Crippen molar-refractivity contribution in [3.63, 3.8) is 0 Å². The lowest BCUT2D eigenvalue weighted by atomic mass is 10.3. The van der Waals surface area contributed by atoms with Gasteiger partial charge in [0.15, 0.2) is 6.10 Å². The average molecular weight is 342 g/mol. The third-order valence-corrected chi connectivity index (χ3v) is 2.29. The highest BCUT2D eigenvalue weighted by Gasteiger charge is 2.41. The van der Waals surface area contributed by atoms with Crippen LogP contribution >= 0.6 is 0 Å². The molecule has 132 valence electrons. The third kappa shape index (κ3) is 8.34. The van der Waals surface area contributed by atoms with Crippen molar-refractivity contribution >= 4 is 11.9 Å². The maximum atomic E-state index is 12.7. The number of carbonyl (C=O) groups excluding carboxylic acids is 2. The molecule has 1 unspecified atom stereocenters. The summed E-state index contributed by atoms with van der Waals surface area (Å²) in [6, 6.07) is 0. The minimum Gasteiger partial charge on any atom is -0.458 e. The fourth-order valence-corrected chi connectivity index (χ4v) is 1.05. The molecule has 0 aliphatic rings. The van der Waals surface area contributed by atoms with E-state index in [1.54, 1.807) is 0 Å². The first-order valence-electron chi connectivity index (χ1n) is 6.40. The van der Waals surface area contributed by atoms with Crippen LogP contribution in [0.5, 0.6) is 0 Å². The van der Waals surface area contributed by atoms with Crippen LogP contribution in [-0.2, 0) is 23.8 Å². The summed E-state index contributed by atoms with van der Waals surface area (Å²) in [7, 11) is 0. The van der Waals surface area contributed by atoms with E-state index in [1.165, 1.54) is 13.8 Å². The van der Waals surface area contributed by atoms with Gasteiger partial charge in [-0.25, -0.2) is 18.4 Å². The molecule has 0 amide bonds. The van der Waals surface area contributed by atoms with Gasteiger partial charge in [-0.2, -0.15) is 8.78 Å². The van der Waals surface area contributed by atoms with Crippen LogP contribution in [0.15, 0.2) is 24.3 Å². The van der Waals surface area contributed by atoms with E-state index in [-0.39, 0.29) is 11.1 Å². The number of esters is 2. The van der Waals surface area contributed by atoms with Crippen LogP contribution in [0.25, 0.3) is 0 Å². The number of halogens is 4. The van der Waals surface area contributed by atoms with Crippen molar-refractivity contribution in [2.45, 2.75) is 32.3 Å². The molecule has 23 heavy (non-hydrogen) atoms. The molecule has 5 nitrogen and oxygen atoms in total. The fourth-order valence-electron chi connectivity index (χ4n) is 1.05. The molecule has 0 heterocycles. The average Bonchev–Trinajstić information content (AvgIpc) is 2.43. The van der Waals surface area contributed by atoms with Crippen LogP contribution < -0.4 is 0 Å². The number of hydrogen-bond acceptors (Lipinski definition) is 5. The van der Waals surface area contributed by atoms with Gasteiger partial charge in [0.1, 0.15) is 13.2 Å². The van der Waals surface area contributed by atoms with Gasteiger partial charge in [0.2, 0.25) is 0 Å². The van der Waals surface area contributed by atoms with E-state index in [9.17, 15) is 27.2 Å². The largest absolute Gasteiger partial charge is 0.458 e. The summed E-state index contributed by atoms with van der Waals surface area (Å²) in [6.07, 6.45) is -5.14. The van der Waals surface area contributed by atoms with Gasteiger partial charge in [0, 0.05) is 11.1 Å². The Bertz CT molecular complexity index is 462. The second kappa shape index (κ2) is 9.29. The molecular formula is C14H18F4O5. The summed E-state index contributed by atoms with van der Waals surface area (Å²) in [5.74, 6) is -6.00. The highest BCUT2D eigenvalue weighted by molar-refractivity contribution is 5.87. The molecular weight excluding hydrogens is 324 g/mol. The molecule has 1 atom stereocenters. The SMILES string of the molecule is C=C(C)C(=O)OCC(COCC(F)(F)C(F)F)OC(=O)C(=C)C. The predicted octanol–water partition coefficient (Wildman–Crippen LogP) is 2.51. The van der Waals surface area contributed by atoms with Crippen LogP contribution in [-0.4, -0.2) is 50.2 Å². The Morgan fingerprint density at radius 1 is 1.04 bits per heavy atom. The first-order valence-corrected chi connectivity index (χ1v) is 6.40. The zero-order chi connectivity index (χ0) is 18.2. The molecule has 0 aromatic carbocycles. The molecule has 9 heteroatoms. The van der Waals surface area contributed by atoms with Gasteiger partial charge in [-0.3, -0.25) is 0 Å². The van der Waals surface area contributed by atoms with Crippen molar-refractivity contribution in [2.24, 2.45) is 0 Å². The van der Waals surface area contributed by atoms with Crippen LogP contribution in [0.2, 0.25) is 0 Å². The molecule has 0 rings (SSSR count). The maximum Gasteiger partial charge on any atom is 0.333 e. The summed E-state index contributed by atoms with van der Waals surface area (Å²) in [5.41, 5.74) is 0.0827. The first-order chi connectivity index (χ1) is 10.5. The molecule has 0 fully saturated rings. The summed E-state index contributed by atoms with van der Waals surface area (Å²) in [4.78, 5) is 22.6. The minimum atomic E-state index is -4.34. The van der Waals surface area contributed by atoms with Crippen molar-refractivity contribution in [3.05, 3.63) is 24.3 Å². The molecule has 0 spiro atoms. The molecule has 0 aromatic rings. The Labute approximate surface area is 130 Å². The Kier molecular flexibility index (Phi) is 8.52. The van der Waals surface area contributed by atoms with Gasteiger partial charge in [-0.15, -0.1) is 0 Å². The number of rotatable bonds is 10. The molecule has 0 N–H and O–H groups in total. The monoisotopic (exact) mass is 342 g/mol.